The summed E-state index contributed by atoms with van der Waals surface area (Å²) in [6.45, 7) is 0. The molecular formula is C48H32BBr2IO2S2. The fraction of sp³-hybridized carbons (Fsp3) is 0. The lowest BCUT2D eigenvalue weighted by Gasteiger charge is -2.04. The van der Waals surface area contributed by atoms with Crippen LogP contribution in [-0.4, -0.2) is 17.2 Å². The Morgan fingerprint density at radius 3 is 1.23 bits per heavy atom. The van der Waals surface area contributed by atoms with E-state index in [9.17, 15) is 10.0 Å². The van der Waals surface area contributed by atoms with Gasteiger partial charge in [0, 0.05) is 47.5 Å². The van der Waals surface area contributed by atoms with Crippen molar-refractivity contribution in [1.29, 1.82) is 0 Å². The number of thiophene rings is 2. The Hall–Kier alpha value is -4.13. The van der Waals surface area contributed by atoms with Gasteiger partial charge < -0.3 is 10.0 Å². The minimum absolute atomic E-state index is 0.567. The molecule has 0 aliphatic rings. The Balaban J connectivity index is 0.000000133. The molecule has 0 spiro atoms. The first kappa shape index (κ1) is 38.7. The maximum absolute atomic E-state index is 9.60. The van der Waals surface area contributed by atoms with Gasteiger partial charge in [0.05, 0.1) is 0 Å². The predicted octanol–water partition coefficient (Wildman–Crippen LogP) is 14.6. The lowest BCUT2D eigenvalue weighted by Crippen LogP contribution is -2.29. The zero-order chi connectivity index (χ0) is 38.6. The van der Waals surface area contributed by atoms with Crippen LogP contribution in [0.15, 0.2) is 191 Å². The number of hydrogen-bond acceptors (Lipinski definition) is 4. The Morgan fingerprint density at radius 2 is 0.786 bits per heavy atom. The Morgan fingerprint density at radius 1 is 0.393 bits per heavy atom. The average molecular weight is 1000 g/mol. The highest BCUT2D eigenvalue weighted by atomic mass is 127. The molecule has 2 aromatic heterocycles. The summed E-state index contributed by atoms with van der Waals surface area (Å²) in [7, 11) is -1.45. The first-order valence-electron chi connectivity index (χ1n) is 17.9. The first-order chi connectivity index (χ1) is 27.4. The maximum Gasteiger partial charge on any atom is 0.489 e. The van der Waals surface area contributed by atoms with E-state index in [0.717, 1.165) is 24.4 Å². The molecule has 2 N–H and O–H groups in total. The minimum Gasteiger partial charge on any atom is -0.423 e. The third kappa shape index (κ3) is 8.29. The van der Waals surface area contributed by atoms with E-state index < -0.39 is 7.12 Å². The number of rotatable bonds is 4. The summed E-state index contributed by atoms with van der Waals surface area (Å²) in [6, 6.07) is 62.8. The minimum atomic E-state index is -1.45. The van der Waals surface area contributed by atoms with Gasteiger partial charge in [-0.15, -0.1) is 22.7 Å². The highest BCUT2D eigenvalue weighted by molar-refractivity contribution is 14.1. The molecule has 0 aliphatic heterocycles. The van der Waals surface area contributed by atoms with Crippen LogP contribution >= 0.6 is 77.1 Å². The number of benzene rings is 8. The van der Waals surface area contributed by atoms with E-state index >= 15 is 0 Å². The molecule has 10 aromatic rings. The fourth-order valence-electron chi connectivity index (χ4n) is 6.90. The summed E-state index contributed by atoms with van der Waals surface area (Å²) >= 11 is 12.7. The van der Waals surface area contributed by atoms with Gasteiger partial charge in [-0.25, -0.2) is 0 Å². The van der Waals surface area contributed by atoms with Crippen molar-refractivity contribution < 1.29 is 10.0 Å². The smallest absolute Gasteiger partial charge is 0.423 e. The van der Waals surface area contributed by atoms with E-state index in [1.807, 2.05) is 53.8 Å². The SMILES string of the molecule is Brc1cccc(-c2cccc3c2sc2c(-c4ccccc4)cccc23)c1.Brc1cccc(I)c1.OB(O)c1cccc2c1sc1c(-c3ccccc3)cccc12. The summed E-state index contributed by atoms with van der Waals surface area (Å²) in [4.78, 5) is 0. The predicted molar refractivity (Wildman–Crippen MR) is 259 cm³/mol. The van der Waals surface area contributed by atoms with Crippen molar-refractivity contribution in [2.24, 2.45) is 0 Å². The first-order valence-corrected chi connectivity index (χ1v) is 22.2. The molecule has 8 heteroatoms. The van der Waals surface area contributed by atoms with Crippen molar-refractivity contribution in [1.82, 2.24) is 0 Å². The molecule has 0 unspecified atom stereocenters. The number of halogens is 3. The van der Waals surface area contributed by atoms with Gasteiger partial charge in [-0.2, -0.15) is 0 Å². The molecule has 56 heavy (non-hydrogen) atoms. The largest absolute Gasteiger partial charge is 0.489 e. The number of hydrogen-bond donors (Lipinski definition) is 2. The summed E-state index contributed by atoms with van der Waals surface area (Å²) in [5.41, 5.74) is 8.04. The highest BCUT2D eigenvalue weighted by Gasteiger charge is 2.19. The molecule has 2 nitrogen and oxygen atoms in total. The zero-order valence-corrected chi connectivity index (χ0v) is 36.7. The van der Waals surface area contributed by atoms with E-state index in [-0.39, 0.29) is 0 Å². The van der Waals surface area contributed by atoms with Crippen LogP contribution in [0.25, 0.3) is 73.7 Å². The average Bonchev–Trinajstić information content (AvgIpc) is 3.81. The van der Waals surface area contributed by atoms with Crippen molar-refractivity contribution in [3.63, 3.8) is 0 Å². The van der Waals surface area contributed by atoms with Crippen molar-refractivity contribution in [3.8, 4) is 33.4 Å². The Labute approximate surface area is 364 Å². The molecule has 0 saturated carbocycles. The van der Waals surface area contributed by atoms with Gasteiger partial charge in [0.2, 0.25) is 0 Å². The van der Waals surface area contributed by atoms with Crippen LogP contribution < -0.4 is 5.46 Å². The quantitative estimate of drug-likeness (QED) is 0.136. The van der Waals surface area contributed by atoms with E-state index in [4.69, 9.17) is 0 Å². The van der Waals surface area contributed by atoms with Gasteiger partial charge in [-0.3, -0.25) is 0 Å². The van der Waals surface area contributed by atoms with Crippen LogP contribution in [0.2, 0.25) is 0 Å². The van der Waals surface area contributed by atoms with E-state index in [1.54, 1.807) is 17.4 Å². The molecule has 8 aromatic carbocycles. The standard InChI is InChI=1S/C24H15BrS.C18H13BO2S.C6H4BrI/c25-18-10-4-9-17(15-18)20-12-6-14-22-21-13-5-11-19(23(21)26-24(20)22)16-7-2-1-3-8-16;20-19(21)16-11-5-10-15-14-9-4-8-13(17(14)22-18(15)16)12-6-2-1-3-7-12;7-5-2-1-3-6(8)4-5/h1-15H;1-11,20-21H;1-4H. The fourth-order valence-corrected chi connectivity index (χ4v) is 11.4. The van der Waals surface area contributed by atoms with Crippen molar-refractivity contribution in [3.05, 3.63) is 195 Å². The van der Waals surface area contributed by atoms with E-state index in [1.165, 1.54) is 61.8 Å². The molecule has 10 rings (SSSR count). The molecule has 0 saturated heterocycles. The normalized spacial score (nSPS) is 10.9. The van der Waals surface area contributed by atoms with E-state index in [2.05, 4.69) is 188 Å². The van der Waals surface area contributed by atoms with Crippen LogP contribution in [0.1, 0.15) is 0 Å². The topological polar surface area (TPSA) is 40.5 Å². The number of fused-ring (bicyclic) bond motifs is 6. The molecule has 2 heterocycles. The molecule has 0 fully saturated rings. The molecule has 272 valence electrons. The maximum atomic E-state index is 9.60. The van der Waals surface area contributed by atoms with Gasteiger partial charge in [0.15, 0.2) is 0 Å². The second-order valence-electron chi connectivity index (χ2n) is 13.0. The second-order valence-corrected chi connectivity index (χ2v) is 18.1. The van der Waals surface area contributed by atoms with Crippen molar-refractivity contribution in [2.45, 2.75) is 0 Å². The monoisotopic (exact) mass is 1000 g/mol. The van der Waals surface area contributed by atoms with Gasteiger partial charge in [-0.1, -0.05) is 184 Å². The lowest BCUT2D eigenvalue weighted by atomic mass is 9.80. The molecule has 0 amide bonds. The molecule has 0 atom stereocenters. The summed E-state index contributed by atoms with van der Waals surface area (Å²) in [6.07, 6.45) is 0. The molecule has 0 aliphatic carbocycles. The molecule has 0 radical (unpaired) electrons. The Bertz CT molecular complexity index is 2930. The lowest BCUT2D eigenvalue weighted by molar-refractivity contribution is 0.426. The Kier molecular flexibility index (Phi) is 12.2. The van der Waals surface area contributed by atoms with Crippen LogP contribution in [0, 0.1) is 3.57 Å². The van der Waals surface area contributed by atoms with E-state index in [0.29, 0.717) is 5.46 Å². The highest BCUT2D eigenvalue weighted by Crippen LogP contribution is 2.44. The van der Waals surface area contributed by atoms with Crippen molar-refractivity contribution >= 4 is 130 Å². The zero-order valence-electron chi connectivity index (χ0n) is 29.7. The van der Waals surface area contributed by atoms with Gasteiger partial charge in [-0.05, 0) is 97.2 Å². The molecular weight excluding hydrogens is 970 g/mol. The second kappa shape index (κ2) is 17.6. The van der Waals surface area contributed by atoms with Gasteiger partial charge in [0.25, 0.3) is 0 Å². The van der Waals surface area contributed by atoms with Crippen LogP contribution in [0.3, 0.4) is 0 Å². The third-order valence-electron chi connectivity index (χ3n) is 9.45. The van der Waals surface area contributed by atoms with Crippen molar-refractivity contribution in [2.75, 3.05) is 0 Å². The van der Waals surface area contributed by atoms with Gasteiger partial charge in [0.1, 0.15) is 0 Å². The molecule has 0 bridgehead atoms. The van der Waals surface area contributed by atoms with Crippen LogP contribution in [0.5, 0.6) is 0 Å². The summed E-state index contributed by atoms with van der Waals surface area (Å²) in [5.74, 6) is 0. The van der Waals surface area contributed by atoms with Gasteiger partial charge >= 0.3 is 7.12 Å². The van der Waals surface area contributed by atoms with Crippen LogP contribution in [-0.2, 0) is 0 Å². The summed E-state index contributed by atoms with van der Waals surface area (Å²) < 4.78 is 8.34. The summed E-state index contributed by atoms with van der Waals surface area (Å²) in [5, 5.41) is 24.1. The third-order valence-corrected chi connectivity index (χ3v) is 13.7. The van der Waals surface area contributed by atoms with Crippen LogP contribution in [0.4, 0.5) is 0 Å².